The fourth-order valence-electron chi connectivity index (χ4n) is 2.76. The number of hydrogen-bond donors (Lipinski definition) is 0. The smallest absolute Gasteiger partial charge is 0.466 e. The molecule has 0 N–H and O–H groups in total. The van der Waals surface area contributed by atoms with Crippen LogP contribution in [0.5, 0.6) is 0 Å². The number of thioether (sulfide) groups is 1. The Bertz CT molecular complexity index is 809. The maximum Gasteiger partial charge on any atom is 0.492 e. The minimum atomic E-state index is -5.09. The van der Waals surface area contributed by atoms with Gasteiger partial charge in [-0.3, -0.25) is 14.3 Å². The summed E-state index contributed by atoms with van der Waals surface area (Å²) in [7, 11) is 0. The molecule has 0 saturated carbocycles. The van der Waals surface area contributed by atoms with Crippen molar-refractivity contribution >= 4 is 34.9 Å². The second-order valence-electron chi connectivity index (χ2n) is 6.40. The van der Waals surface area contributed by atoms with Crippen molar-refractivity contribution in [2.24, 2.45) is 0 Å². The van der Waals surface area contributed by atoms with Crippen molar-refractivity contribution < 1.29 is 37.1 Å². The molecular formula is C18H22F3N3O5S. The van der Waals surface area contributed by atoms with Gasteiger partial charge >= 0.3 is 18.1 Å². The van der Waals surface area contributed by atoms with E-state index in [1.54, 1.807) is 29.9 Å². The monoisotopic (exact) mass is 449 g/mol. The lowest BCUT2D eigenvalue weighted by Crippen LogP contribution is -2.41. The largest absolute Gasteiger partial charge is 0.492 e. The third kappa shape index (κ3) is 7.48. The number of alkyl halides is 3. The molecule has 2 rings (SSSR count). The average molecular weight is 449 g/mol. The lowest BCUT2D eigenvalue weighted by molar-refractivity contribution is -0.238. The third-order valence-corrected chi connectivity index (χ3v) is 5.16. The van der Waals surface area contributed by atoms with E-state index in [1.807, 2.05) is 0 Å². The number of piperidine rings is 1. The van der Waals surface area contributed by atoms with Crippen LogP contribution in [0.2, 0.25) is 0 Å². The quantitative estimate of drug-likeness (QED) is 0.587. The van der Waals surface area contributed by atoms with Crippen molar-refractivity contribution in [3.63, 3.8) is 0 Å². The maximum absolute atomic E-state index is 12.5. The van der Waals surface area contributed by atoms with Crippen LogP contribution in [0.3, 0.4) is 0 Å². The summed E-state index contributed by atoms with van der Waals surface area (Å²) in [5, 5.41) is 4.83. The highest BCUT2D eigenvalue weighted by Crippen LogP contribution is 2.30. The van der Waals surface area contributed by atoms with Crippen LogP contribution >= 0.6 is 11.8 Å². The fraction of sp³-hybridized carbons (Fsp3) is 0.556. The molecule has 1 fully saturated rings. The Kier molecular flexibility index (Phi) is 8.47. The first-order valence-electron chi connectivity index (χ1n) is 9.19. The van der Waals surface area contributed by atoms with Gasteiger partial charge in [-0.15, -0.1) is 5.06 Å². The first kappa shape index (κ1) is 23.9. The highest BCUT2D eigenvalue weighted by Gasteiger charge is 2.43. The number of nitrogens with zero attached hydrogens (tertiary/aromatic N) is 3. The van der Waals surface area contributed by atoms with Crippen LogP contribution in [0.4, 0.5) is 13.2 Å². The summed E-state index contributed by atoms with van der Waals surface area (Å²) < 4.78 is 43.8. The zero-order valence-corrected chi connectivity index (χ0v) is 17.3. The number of halogens is 3. The van der Waals surface area contributed by atoms with E-state index in [9.17, 15) is 27.6 Å². The van der Waals surface area contributed by atoms with Gasteiger partial charge in [0, 0.05) is 24.9 Å². The molecule has 12 heteroatoms. The van der Waals surface area contributed by atoms with E-state index in [0.29, 0.717) is 30.8 Å². The van der Waals surface area contributed by atoms with Crippen LogP contribution in [0.1, 0.15) is 32.4 Å². The molecule has 0 bridgehead atoms. The van der Waals surface area contributed by atoms with Crippen molar-refractivity contribution in [3.05, 3.63) is 23.5 Å². The van der Waals surface area contributed by atoms with Gasteiger partial charge in [0.25, 0.3) is 0 Å². The third-order valence-electron chi connectivity index (χ3n) is 4.01. The lowest BCUT2D eigenvalue weighted by Gasteiger charge is -2.32. The van der Waals surface area contributed by atoms with E-state index in [-0.39, 0.29) is 35.8 Å². The molecule has 1 aliphatic rings. The standard InChI is InChI=1S/C18H22F3N3O5S/c1-3-28-16(26)6-8-23-7-4-14(22-23)10-13-11-24(29-17(27)18(19,20)21)9-5-15(13)30-12(2)25/h4,7,10,15H,3,5-6,8-9,11H2,1-2H3/b13-10+/t15-/m0/s1. The topological polar surface area (TPSA) is 90.7 Å². The van der Waals surface area contributed by atoms with Gasteiger partial charge in [-0.05, 0) is 31.1 Å². The predicted octanol–water partition coefficient (Wildman–Crippen LogP) is 2.59. The summed E-state index contributed by atoms with van der Waals surface area (Å²) in [4.78, 5) is 38.5. The molecule has 1 aromatic rings. The molecule has 0 aliphatic carbocycles. The van der Waals surface area contributed by atoms with Crippen molar-refractivity contribution in [1.29, 1.82) is 0 Å². The van der Waals surface area contributed by atoms with Crippen LogP contribution in [0.15, 0.2) is 17.8 Å². The van der Waals surface area contributed by atoms with Crippen LogP contribution in [-0.4, -0.2) is 63.0 Å². The first-order valence-corrected chi connectivity index (χ1v) is 10.1. The zero-order valence-electron chi connectivity index (χ0n) is 16.5. The normalized spacial score (nSPS) is 19.0. The van der Waals surface area contributed by atoms with Gasteiger partial charge in [-0.2, -0.15) is 18.3 Å². The molecule has 0 radical (unpaired) electrons. The van der Waals surface area contributed by atoms with Crippen LogP contribution in [0, 0.1) is 0 Å². The molecule has 0 aromatic carbocycles. The van der Waals surface area contributed by atoms with Gasteiger partial charge in [0.15, 0.2) is 5.12 Å². The molecule has 166 valence electrons. The van der Waals surface area contributed by atoms with Crippen LogP contribution in [-0.2, 0) is 30.5 Å². The zero-order chi connectivity index (χ0) is 22.3. The van der Waals surface area contributed by atoms with Gasteiger partial charge in [0.05, 0.1) is 31.8 Å². The summed E-state index contributed by atoms with van der Waals surface area (Å²) in [5.41, 5.74) is 1.11. The Balaban J connectivity index is 2.10. The maximum atomic E-state index is 12.5. The number of carbonyl (C=O) groups is 3. The van der Waals surface area contributed by atoms with Gasteiger partial charge in [-0.1, -0.05) is 11.8 Å². The van der Waals surface area contributed by atoms with E-state index in [0.717, 1.165) is 16.8 Å². The van der Waals surface area contributed by atoms with Crippen LogP contribution in [0.25, 0.3) is 6.08 Å². The number of ether oxygens (including phenoxy) is 1. The van der Waals surface area contributed by atoms with E-state index in [1.165, 1.54) is 6.92 Å². The minimum absolute atomic E-state index is 0.0675. The molecule has 1 aromatic heterocycles. The Morgan fingerprint density at radius 2 is 2.10 bits per heavy atom. The van der Waals surface area contributed by atoms with E-state index in [4.69, 9.17) is 4.74 Å². The molecule has 1 atom stereocenters. The molecule has 30 heavy (non-hydrogen) atoms. The number of aromatic nitrogens is 2. The number of aryl methyl sites for hydroxylation is 1. The van der Waals surface area contributed by atoms with Gasteiger partial charge in [0.2, 0.25) is 0 Å². The van der Waals surface area contributed by atoms with Crippen molar-refractivity contribution in [1.82, 2.24) is 14.8 Å². The second-order valence-corrected chi connectivity index (χ2v) is 7.78. The lowest BCUT2D eigenvalue weighted by atomic mass is 10.0. The highest BCUT2D eigenvalue weighted by atomic mass is 32.2. The minimum Gasteiger partial charge on any atom is -0.466 e. The summed E-state index contributed by atoms with van der Waals surface area (Å²) >= 11 is 1.06. The Morgan fingerprint density at radius 3 is 2.73 bits per heavy atom. The number of carbonyl (C=O) groups excluding carboxylic acids is 3. The predicted molar refractivity (Wildman–Crippen MR) is 102 cm³/mol. The highest BCUT2D eigenvalue weighted by molar-refractivity contribution is 8.14. The number of esters is 1. The number of hydroxylamine groups is 2. The summed E-state index contributed by atoms with van der Waals surface area (Å²) in [5.74, 6) is -2.64. The van der Waals surface area contributed by atoms with E-state index < -0.39 is 12.1 Å². The molecule has 0 amide bonds. The Hall–Kier alpha value is -2.34. The summed E-state index contributed by atoms with van der Waals surface area (Å²) in [6.07, 6.45) is -1.31. The fourth-order valence-corrected chi connectivity index (χ4v) is 3.68. The SMILES string of the molecule is CCOC(=O)CCn1ccc(/C=C2\CN(OC(=O)C(F)(F)F)CC[C@@H]2SC(C)=O)n1. The van der Waals surface area contributed by atoms with Gasteiger partial charge in [0.1, 0.15) is 0 Å². The van der Waals surface area contributed by atoms with Crippen LogP contribution < -0.4 is 0 Å². The average Bonchev–Trinajstić information content (AvgIpc) is 3.08. The van der Waals surface area contributed by atoms with E-state index >= 15 is 0 Å². The van der Waals surface area contributed by atoms with Gasteiger partial charge in [-0.25, -0.2) is 4.79 Å². The molecule has 8 nitrogen and oxygen atoms in total. The summed E-state index contributed by atoms with van der Waals surface area (Å²) in [6, 6.07) is 1.67. The summed E-state index contributed by atoms with van der Waals surface area (Å²) in [6.45, 7) is 3.71. The van der Waals surface area contributed by atoms with Crippen molar-refractivity contribution in [2.45, 2.75) is 44.7 Å². The number of rotatable bonds is 7. The van der Waals surface area contributed by atoms with E-state index in [2.05, 4.69) is 9.94 Å². The molecule has 2 heterocycles. The molecule has 0 unspecified atom stereocenters. The van der Waals surface area contributed by atoms with Gasteiger partial charge < -0.3 is 9.57 Å². The molecular weight excluding hydrogens is 427 g/mol. The second kappa shape index (κ2) is 10.6. The molecule has 0 spiro atoms. The van der Waals surface area contributed by atoms with Crippen molar-refractivity contribution in [2.75, 3.05) is 19.7 Å². The molecule has 1 aliphatic heterocycles. The Labute approximate surface area is 175 Å². The van der Waals surface area contributed by atoms with Crippen molar-refractivity contribution in [3.8, 4) is 0 Å². The first-order chi connectivity index (χ1) is 14.1. The molecule has 1 saturated heterocycles. The number of hydrogen-bond acceptors (Lipinski definition) is 8. The Morgan fingerprint density at radius 1 is 1.37 bits per heavy atom.